The monoisotopic (exact) mass is 213 g/mol. The van der Waals surface area contributed by atoms with Gasteiger partial charge in [0.2, 0.25) is 0 Å². The fourth-order valence-corrected chi connectivity index (χ4v) is 1.65. The van der Waals surface area contributed by atoms with Crippen LogP contribution in [0.1, 0.15) is 24.4 Å². The lowest BCUT2D eigenvalue weighted by Crippen LogP contribution is -2.13. The topological polar surface area (TPSA) is 35.2 Å². The second kappa shape index (κ2) is 4.67. The van der Waals surface area contributed by atoms with Crippen molar-refractivity contribution in [1.29, 1.82) is 0 Å². The first-order valence-corrected chi connectivity index (χ1v) is 4.71. The van der Waals surface area contributed by atoms with Gasteiger partial charge >= 0.3 is 0 Å². The maximum absolute atomic E-state index is 6.10. The van der Waals surface area contributed by atoms with E-state index in [1.807, 2.05) is 18.2 Å². The van der Waals surface area contributed by atoms with E-state index in [4.69, 9.17) is 10.5 Å². The lowest BCUT2D eigenvalue weighted by molar-refractivity contribution is 0.403. The Labute approximate surface area is 90.9 Å². The summed E-state index contributed by atoms with van der Waals surface area (Å²) >= 11 is 0. The minimum Gasteiger partial charge on any atom is -0.496 e. The second-order valence-electron chi connectivity index (χ2n) is 3.61. The fourth-order valence-electron chi connectivity index (χ4n) is 1.65. The van der Waals surface area contributed by atoms with Gasteiger partial charge in [0, 0.05) is 11.6 Å². The molecule has 2 nitrogen and oxygen atoms in total. The van der Waals surface area contributed by atoms with Gasteiger partial charge in [-0.3, -0.25) is 0 Å². The lowest BCUT2D eigenvalue weighted by atomic mass is 10.0. The maximum Gasteiger partial charge on any atom is 0.123 e. The summed E-state index contributed by atoms with van der Waals surface area (Å²) in [5.41, 5.74) is 7.24. The van der Waals surface area contributed by atoms with E-state index in [0.29, 0.717) is 5.92 Å². The molecule has 0 heterocycles. The average Bonchev–Trinajstić information content (AvgIpc) is 3.00. The Hall–Kier alpha value is -0.730. The summed E-state index contributed by atoms with van der Waals surface area (Å²) in [4.78, 5) is 0. The smallest absolute Gasteiger partial charge is 0.123 e. The molecular weight excluding hydrogens is 198 g/mol. The van der Waals surface area contributed by atoms with Gasteiger partial charge < -0.3 is 10.5 Å². The first kappa shape index (κ1) is 11.3. The number of nitrogens with two attached hydrogens (primary N) is 1. The minimum atomic E-state index is 0. The zero-order valence-corrected chi connectivity index (χ0v) is 9.09. The Balaban J connectivity index is 0.000000980. The van der Waals surface area contributed by atoms with Gasteiger partial charge in [0.25, 0.3) is 0 Å². The van der Waals surface area contributed by atoms with Crippen LogP contribution >= 0.6 is 12.4 Å². The number of para-hydroxylation sites is 1. The van der Waals surface area contributed by atoms with Gasteiger partial charge in [-0.05, 0) is 24.8 Å². The van der Waals surface area contributed by atoms with Crippen LogP contribution in [0.15, 0.2) is 24.3 Å². The third kappa shape index (κ3) is 2.20. The number of ether oxygens (including phenoxy) is 1. The highest BCUT2D eigenvalue weighted by molar-refractivity contribution is 5.85. The largest absolute Gasteiger partial charge is 0.496 e. The van der Waals surface area contributed by atoms with E-state index in [2.05, 4.69) is 6.07 Å². The summed E-state index contributed by atoms with van der Waals surface area (Å²) < 4.78 is 5.26. The molecular formula is C11H16ClNO. The molecule has 0 spiro atoms. The molecule has 1 aliphatic carbocycles. The molecule has 2 N–H and O–H groups in total. The number of rotatable bonds is 3. The standard InChI is InChI=1S/C11H15NO.ClH/c1-13-10-5-3-2-4-9(10)11(12)8-6-7-8;/h2-5,8,11H,6-7,12H2,1H3;1H/t11-;/m0./s1. The molecule has 0 unspecified atom stereocenters. The zero-order valence-electron chi connectivity index (χ0n) is 8.27. The normalized spacial score (nSPS) is 17.0. The first-order valence-electron chi connectivity index (χ1n) is 4.71. The molecule has 0 aliphatic heterocycles. The summed E-state index contributed by atoms with van der Waals surface area (Å²) in [5, 5.41) is 0. The van der Waals surface area contributed by atoms with Crippen LogP contribution in [0.5, 0.6) is 5.75 Å². The number of hydrogen-bond acceptors (Lipinski definition) is 2. The lowest BCUT2D eigenvalue weighted by Gasteiger charge is -2.14. The van der Waals surface area contributed by atoms with Gasteiger partial charge in [0.15, 0.2) is 0 Å². The van der Waals surface area contributed by atoms with Gasteiger partial charge in [-0.2, -0.15) is 0 Å². The SMILES string of the molecule is COc1ccccc1[C@@H](N)C1CC1.Cl. The van der Waals surface area contributed by atoms with Crippen LogP contribution < -0.4 is 10.5 Å². The van der Waals surface area contributed by atoms with Gasteiger partial charge in [-0.1, -0.05) is 18.2 Å². The highest BCUT2D eigenvalue weighted by Crippen LogP contribution is 2.41. The quantitative estimate of drug-likeness (QED) is 0.838. The highest BCUT2D eigenvalue weighted by Gasteiger charge is 2.30. The van der Waals surface area contributed by atoms with Crippen molar-refractivity contribution in [2.45, 2.75) is 18.9 Å². The minimum absolute atomic E-state index is 0. The summed E-state index contributed by atoms with van der Waals surface area (Å²) in [6.07, 6.45) is 2.53. The second-order valence-corrected chi connectivity index (χ2v) is 3.61. The van der Waals surface area contributed by atoms with Crippen molar-refractivity contribution in [2.24, 2.45) is 11.7 Å². The average molecular weight is 214 g/mol. The molecule has 1 aromatic carbocycles. The molecule has 0 radical (unpaired) electrons. The Kier molecular flexibility index (Phi) is 3.78. The Morgan fingerprint density at radius 1 is 1.36 bits per heavy atom. The Morgan fingerprint density at radius 2 is 2.00 bits per heavy atom. The molecule has 2 rings (SSSR count). The summed E-state index contributed by atoms with van der Waals surface area (Å²) in [5.74, 6) is 1.60. The third-order valence-corrected chi connectivity index (χ3v) is 2.63. The molecule has 3 heteroatoms. The van der Waals surface area contributed by atoms with Crippen molar-refractivity contribution in [1.82, 2.24) is 0 Å². The van der Waals surface area contributed by atoms with Crippen LogP contribution in [0.2, 0.25) is 0 Å². The number of methoxy groups -OCH3 is 1. The van der Waals surface area contributed by atoms with Crippen LogP contribution in [0.25, 0.3) is 0 Å². The van der Waals surface area contributed by atoms with Crippen LogP contribution in [-0.4, -0.2) is 7.11 Å². The van der Waals surface area contributed by atoms with Crippen molar-refractivity contribution >= 4 is 12.4 Å². The Morgan fingerprint density at radius 3 is 2.57 bits per heavy atom. The predicted octanol–water partition coefficient (Wildman–Crippen LogP) is 2.53. The van der Waals surface area contributed by atoms with E-state index in [1.165, 1.54) is 12.8 Å². The molecule has 0 aromatic heterocycles. The molecule has 0 saturated heterocycles. The maximum atomic E-state index is 6.10. The summed E-state index contributed by atoms with van der Waals surface area (Å²) in [6.45, 7) is 0. The molecule has 0 amide bonds. The zero-order chi connectivity index (χ0) is 9.26. The van der Waals surface area contributed by atoms with Crippen LogP contribution in [0, 0.1) is 5.92 Å². The molecule has 14 heavy (non-hydrogen) atoms. The van der Waals surface area contributed by atoms with Crippen molar-refractivity contribution < 1.29 is 4.74 Å². The summed E-state index contributed by atoms with van der Waals surface area (Å²) in [7, 11) is 1.69. The van der Waals surface area contributed by atoms with E-state index >= 15 is 0 Å². The van der Waals surface area contributed by atoms with Crippen molar-refractivity contribution in [2.75, 3.05) is 7.11 Å². The van der Waals surface area contributed by atoms with Crippen LogP contribution in [0.3, 0.4) is 0 Å². The van der Waals surface area contributed by atoms with E-state index in [9.17, 15) is 0 Å². The van der Waals surface area contributed by atoms with Crippen LogP contribution in [0.4, 0.5) is 0 Å². The van der Waals surface area contributed by atoms with E-state index in [-0.39, 0.29) is 18.4 Å². The number of halogens is 1. The van der Waals surface area contributed by atoms with Crippen molar-refractivity contribution in [3.05, 3.63) is 29.8 Å². The van der Waals surface area contributed by atoms with Gasteiger partial charge in [0.1, 0.15) is 5.75 Å². The van der Waals surface area contributed by atoms with E-state index in [1.54, 1.807) is 7.11 Å². The molecule has 1 fully saturated rings. The summed E-state index contributed by atoms with van der Waals surface area (Å²) in [6, 6.07) is 8.18. The van der Waals surface area contributed by atoms with Crippen molar-refractivity contribution in [3.8, 4) is 5.75 Å². The van der Waals surface area contributed by atoms with Gasteiger partial charge in [-0.15, -0.1) is 12.4 Å². The van der Waals surface area contributed by atoms with Gasteiger partial charge in [-0.25, -0.2) is 0 Å². The first-order chi connectivity index (χ1) is 6.33. The predicted molar refractivity (Wildman–Crippen MR) is 59.9 cm³/mol. The molecule has 0 bridgehead atoms. The fraction of sp³-hybridized carbons (Fsp3) is 0.455. The molecule has 1 atom stereocenters. The Bertz CT molecular complexity index is 299. The molecule has 1 saturated carbocycles. The molecule has 78 valence electrons. The number of benzene rings is 1. The molecule has 1 aliphatic rings. The van der Waals surface area contributed by atoms with Crippen molar-refractivity contribution in [3.63, 3.8) is 0 Å². The highest BCUT2D eigenvalue weighted by atomic mass is 35.5. The van der Waals surface area contributed by atoms with E-state index in [0.717, 1.165) is 11.3 Å². The van der Waals surface area contributed by atoms with E-state index < -0.39 is 0 Å². The van der Waals surface area contributed by atoms with Crippen LogP contribution in [-0.2, 0) is 0 Å². The molecule has 1 aromatic rings. The van der Waals surface area contributed by atoms with Gasteiger partial charge in [0.05, 0.1) is 7.11 Å². The third-order valence-electron chi connectivity index (χ3n) is 2.63. The number of hydrogen-bond donors (Lipinski definition) is 1.